The highest BCUT2D eigenvalue weighted by atomic mass is 35.5. The molecule has 0 saturated carbocycles. The summed E-state index contributed by atoms with van der Waals surface area (Å²) in [6.07, 6.45) is 6.97. The molecule has 3 N–H and O–H groups in total. The molecule has 1 fully saturated rings. The van der Waals surface area contributed by atoms with Crippen LogP contribution in [0.2, 0.25) is 5.02 Å². The maximum Gasteiger partial charge on any atom is 0.229 e. The molecule has 0 unspecified atom stereocenters. The molecule has 36 heavy (non-hydrogen) atoms. The second-order valence-corrected chi connectivity index (χ2v) is 9.58. The number of nitrogens with zero attached hydrogens (tertiary/aromatic N) is 8. The molecule has 0 aliphatic carbocycles. The zero-order valence-corrected chi connectivity index (χ0v) is 20.6. The standard InChI is InChI=1S/C24H25ClN10O/c1-24(2,36)19-14-35-10-7-16(11-21(35)30-19)29-23-27-13-18(25)22(31-23)28-15-5-8-34(9-6-15)20-4-3-17(12-26)32-33-20/h3-4,7,10-11,13-15,36H,5-6,8-9H2,1-2H3,(H2,27,28,29,31). The van der Waals surface area contributed by atoms with Gasteiger partial charge in [0.2, 0.25) is 5.95 Å². The number of rotatable bonds is 6. The Kier molecular flexibility index (Phi) is 6.30. The third-order valence-corrected chi connectivity index (χ3v) is 6.29. The fourth-order valence-electron chi connectivity index (χ4n) is 4.01. The van der Waals surface area contributed by atoms with Crippen molar-refractivity contribution in [1.82, 2.24) is 29.5 Å². The van der Waals surface area contributed by atoms with Crippen LogP contribution in [0.4, 0.5) is 23.3 Å². The molecular formula is C24H25ClN10O. The summed E-state index contributed by atoms with van der Waals surface area (Å²) in [7, 11) is 0. The highest BCUT2D eigenvalue weighted by Gasteiger charge is 2.22. The number of pyridine rings is 1. The van der Waals surface area contributed by atoms with E-state index in [4.69, 9.17) is 16.9 Å². The van der Waals surface area contributed by atoms with Gasteiger partial charge in [-0.25, -0.2) is 9.97 Å². The van der Waals surface area contributed by atoms with E-state index in [0.29, 0.717) is 33.8 Å². The van der Waals surface area contributed by atoms with Crippen LogP contribution in [0.25, 0.3) is 5.65 Å². The van der Waals surface area contributed by atoms with Crippen molar-refractivity contribution in [2.45, 2.75) is 38.3 Å². The minimum atomic E-state index is -1.02. The normalized spacial score (nSPS) is 14.6. The molecule has 5 rings (SSSR count). The van der Waals surface area contributed by atoms with Gasteiger partial charge in [0.25, 0.3) is 0 Å². The van der Waals surface area contributed by atoms with Crippen molar-refractivity contribution < 1.29 is 5.11 Å². The third-order valence-electron chi connectivity index (χ3n) is 6.01. The van der Waals surface area contributed by atoms with E-state index in [2.05, 4.69) is 40.7 Å². The molecule has 0 bridgehead atoms. The number of fused-ring (bicyclic) bond motifs is 1. The first-order chi connectivity index (χ1) is 17.3. The first-order valence-electron chi connectivity index (χ1n) is 11.5. The average molecular weight is 505 g/mol. The van der Waals surface area contributed by atoms with Gasteiger partial charge < -0.3 is 25.0 Å². The summed E-state index contributed by atoms with van der Waals surface area (Å²) in [6, 6.07) is 9.43. The van der Waals surface area contributed by atoms with Gasteiger partial charge in [-0.3, -0.25) is 0 Å². The van der Waals surface area contributed by atoms with E-state index in [1.807, 2.05) is 34.9 Å². The van der Waals surface area contributed by atoms with Gasteiger partial charge in [0.05, 0.1) is 11.9 Å². The maximum atomic E-state index is 10.2. The van der Waals surface area contributed by atoms with E-state index >= 15 is 0 Å². The predicted octanol–water partition coefficient (Wildman–Crippen LogP) is 3.49. The zero-order chi connectivity index (χ0) is 25.3. The van der Waals surface area contributed by atoms with Gasteiger partial charge in [-0.2, -0.15) is 10.2 Å². The molecule has 4 aromatic heterocycles. The Labute approximate surface area is 212 Å². The molecule has 1 aliphatic heterocycles. The monoisotopic (exact) mass is 504 g/mol. The first-order valence-corrected chi connectivity index (χ1v) is 11.9. The Morgan fingerprint density at radius 1 is 1.17 bits per heavy atom. The van der Waals surface area contributed by atoms with Crippen molar-refractivity contribution in [3.8, 4) is 6.07 Å². The topological polar surface area (TPSA) is 140 Å². The van der Waals surface area contributed by atoms with E-state index in [1.54, 1.807) is 32.3 Å². The van der Waals surface area contributed by atoms with Crippen molar-refractivity contribution in [3.05, 3.63) is 59.3 Å². The van der Waals surface area contributed by atoms with Gasteiger partial charge in [0.1, 0.15) is 22.3 Å². The molecule has 0 spiro atoms. The fraction of sp³-hybridized carbons (Fsp3) is 0.333. The van der Waals surface area contributed by atoms with Crippen LogP contribution in [0.5, 0.6) is 0 Å². The number of piperidine rings is 1. The average Bonchev–Trinajstić information content (AvgIpc) is 3.31. The van der Waals surface area contributed by atoms with Crippen LogP contribution in [0.3, 0.4) is 0 Å². The van der Waals surface area contributed by atoms with Crippen molar-refractivity contribution >= 4 is 40.5 Å². The van der Waals surface area contributed by atoms with Gasteiger partial charge in [-0.05, 0) is 44.9 Å². The van der Waals surface area contributed by atoms with Crippen LogP contribution < -0.4 is 15.5 Å². The van der Waals surface area contributed by atoms with Gasteiger partial charge >= 0.3 is 0 Å². The van der Waals surface area contributed by atoms with E-state index in [9.17, 15) is 5.11 Å². The molecule has 0 aromatic carbocycles. The molecule has 0 radical (unpaired) electrons. The van der Waals surface area contributed by atoms with Gasteiger partial charge in [-0.1, -0.05) is 11.6 Å². The molecule has 11 nitrogen and oxygen atoms in total. The Balaban J connectivity index is 1.24. The molecule has 0 amide bonds. The number of aromatic nitrogens is 6. The van der Waals surface area contributed by atoms with Gasteiger partial charge in [0.15, 0.2) is 17.3 Å². The Morgan fingerprint density at radius 2 is 1.97 bits per heavy atom. The summed E-state index contributed by atoms with van der Waals surface area (Å²) in [5, 5.41) is 34.3. The molecule has 184 valence electrons. The summed E-state index contributed by atoms with van der Waals surface area (Å²) in [5.41, 5.74) is 1.34. The Morgan fingerprint density at radius 3 is 2.67 bits per heavy atom. The van der Waals surface area contributed by atoms with Crippen LogP contribution in [-0.2, 0) is 5.60 Å². The van der Waals surface area contributed by atoms with Crippen LogP contribution >= 0.6 is 11.6 Å². The summed E-state index contributed by atoms with van der Waals surface area (Å²) >= 11 is 6.39. The lowest BCUT2D eigenvalue weighted by atomic mass is 10.1. The van der Waals surface area contributed by atoms with Gasteiger partial charge in [0, 0.05) is 43.3 Å². The molecule has 5 heterocycles. The SMILES string of the molecule is CC(C)(O)c1cn2ccc(Nc3ncc(Cl)c(NC4CCN(c5ccc(C#N)nn5)CC4)n3)cc2n1. The minimum Gasteiger partial charge on any atom is -0.384 e. The fourth-order valence-corrected chi connectivity index (χ4v) is 4.16. The third kappa shape index (κ3) is 5.15. The molecule has 1 saturated heterocycles. The van der Waals surface area contributed by atoms with E-state index in [-0.39, 0.29) is 6.04 Å². The molecule has 0 atom stereocenters. The quantitative estimate of drug-likeness (QED) is 0.357. The van der Waals surface area contributed by atoms with Gasteiger partial charge in [-0.15, -0.1) is 10.2 Å². The largest absolute Gasteiger partial charge is 0.384 e. The lowest BCUT2D eigenvalue weighted by molar-refractivity contribution is 0.0744. The second kappa shape index (κ2) is 9.56. The number of hydrogen-bond acceptors (Lipinski definition) is 10. The van der Waals surface area contributed by atoms with E-state index in [0.717, 1.165) is 37.4 Å². The molecule has 4 aromatic rings. The van der Waals surface area contributed by atoms with E-state index < -0.39 is 5.60 Å². The number of hydrogen-bond donors (Lipinski definition) is 3. The lowest BCUT2D eigenvalue weighted by Crippen LogP contribution is -2.39. The minimum absolute atomic E-state index is 0.189. The number of imidazole rings is 1. The molecule has 1 aliphatic rings. The van der Waals surface area contributed by atoms with Crippen molar-refractivity contribution in [2.24, 2.45) is 0 Å². The highest BCUT2D eigenvalue weighted by Crippen LogP contribution is 2.26. The summed E-state index contributed by atoms with van der Waals surface area (Å²) < 4.78 is 1.85. The summed E-state index contributed by atoms with van der Waals surface area (Å²) in [5.74, 6) is 1.74. The lowest BCUT2D eigenvalue weighted by Gasteiger charge is -2.33. The smallest absolute Gasteiger partial charge is 0.229 e. The maximum absolute atomic E-state index is 10.2. The molecule has 12 heteroatoms. The number of nitrogens with one attached hydrogen (secondary N) is 2. The first kappa shape index (κ1) is 23.7. The van der Waals surface area contributed by atoms with E-state index in [1.165, 1.54) is 0 Å². The summed E-state index contributed by atoms with van der Waals surface area (Å²) in [4.78, 5) is 15.5. The Hall–Kier alpha value is -4.01. The number of halogens is 1. The number of aliphatic hydroxyl groups is 1. The Bertz CT molecular complexity index is 1420. The van der Waals surface area contributed by atoms with Crippen LogP contribution in [0, 0.1) is 11.3 Å². The summed E-state index contributed by atoms with van der Waals surface area (Å²) in [6.45, 7) is 5.00. The highest BCUT2D eigenvalue weighted by molar-refractivity contribution is 6.32. The predicted molar refractivity (Wildman–Crippen MR) is 136 cm³/mol. The van der Waals surface area contributed by atoms with Crippen molar-refractivity contribution in [3.63, 3.8) is 0 Å². The van der Waals surface area contributed by atoms with Crippen LogP contribution in [-0.4, -0.2) is 53.8 Å². The number of anilines is 4. The molecular weight excluding hydrogens is 480 g/mol. The number of nitriles is 1. The van der Waals surface area contributed by atoms with Crippen molar-refractivity contribution in [2.75, 3.05) is 28.6 Å². The zero-order valence-electron chi connectivity index (χ0n) is 19.9. The van der Waals surface area contributed by atoms with Crippen molar-refractivity contribution in [1.29, 1.82) is 5.26 Å². The van der Waals surface area contributed by atoms with Crippen LogP contribution in [0.1, 0.15) is 38.1 Å². The second-order valence-electron chi connectivity index (χ2n) is 9.18. The van der Waals surface area contributed by atoms with Crippen LogP contribution in [0.15, 0.2) is 42.9 Å².